The van der Waals surface area contributed by atoms with Gasteiger partial charge in [-0.05, 0) is 61.7 Å². The van der Waals surface area contributed by atoms with Crippen LogP contribution in [0.25, 0.3) is 0 Å². The van der Waals surface area contributed by atoms with Gasteiger partial charge in [-0.1, -0.05) is 27.7 Å². The summed E-state index contributed by atoms with van der Waals surface area (Å²) in [7, 11) is 0. The Bertz CT molecular complexity index is 338. The van der Waals surface area contributed by atoms with Crippen LogP contribution >= 0.6 is 0 Å². The van der Waals surface area contributed by atoms with Gasteiger partial charge >= 0.3 is 0 Å². The highest BCUT2D eigenvalue weighted by Gasteiger charge is 2.64. The molecule has 0 aromatic rings. The van der Waals surface area contributed by atoms with Crippen molar-refractivity contribution in [1.82, 2.24) is 0 Å². The molecular weight excluding hydrogens is 236 g/mol. The Hall–Kier alpha value is -0.0800. The molecule has 0 heterocycles. The van der Waals surface area contributed by atoms with E-state index in [1.54, 1.807) is 0 Å². The lowest BCUT2D eigenvalue weighted by atomic mass is 9.58. The zero-order valence-corrected chi connectivity index (χ0v) is 12.9. The van der Waals surface area contributed by atoms with Crippen LogP contribution in [0.2, 0.25) is 0 Å². The summed E-state index contributed by atoms with van der Waals surface area (Å²) in [6, 6.07) is 0. The molecule has 0 aliphatic heterocycles. The van der Waals surface area contributed by atoms with E-state index in [4.69, 9.17) is 4.74 Å². The first-order valence-corrected chi connectivity index (χ1v) is 8.33. The number of aliphatic hydroxyl groups excluding tert-OH is 1. The normalized spacial score (nSPS) is 49.9. The van der Waals surface area contributed by atoms with E-state index in [2.05, 4.69) is 13.8 Å². The largest absolute Gasteiger partial charge is 0.368 e. The summed E-state index contributed by atoms with van der Waals surface area (Å²) in [4.78, 5) is 0. The minimum atomic E-state index is -0.588. The third-order valence-electron chi connectivity index (χ3n) is 6.41. The lowest BCUT2D eigenvalue weighted by molar-refractivity contribution is -0.249. The molecule has 7 atom stereocenters. The number of hydrogen-bond donors (Lipinski definition) is 1. The highest BCUT2D eigenvalue weighted by atomic mass is 16.6. The van der Waals surface area contributed by atoms with Crippen LogP contribution in [-0.4, -0.2) is 17.0 Å². The van der Waals surface area contributed by atoms with Crippen molar-refractivity contribution >= 4 is 0 Å². The summed E-state index contributed by atoms with van der Waals surface area (Å²) < 4.78 is 6.33. The maximum absolute atomic E-state index is 10.3. The molecule has 0 saturated heterocycles. The number of hydrogen-bond acceptors (Lipinski definition) is 2. The van der Waals surface area contributed by atoms with Crippen LogP contribution in [0, 0.1) is 35.5 Å². The molecule has 0 spiro atoms. The number of rotatable bonds is 4. The topological polar surface area (TPSA) is 29.5 Å². The van der Waals surface area contributed by atoms with Crippen molar-refractivity contribution in [3.63, 3.8) is 0 Å². The summed E-state index contributed by atoms with van der Waals surface area (Å²) in [6.45, 7) is 8.77. The predicted octanol–water partition coefficient (Wildman–Crippen LogP) is 3.83. The van der Waals surface area contributed by atoms with E-state index in [-0.39, 0.29) is 11.5 Å². The standard InChI is InChI=1S/C17H30O2/c1-5-17(19-16(18)10(2)3)13-7-11(4)6-12-8-15(17)14(12)9-13/h10-16,18H,5-9H2,1-4H3. The lowest BCUT2D eigenvalue weighted by Crippen LogP contribution is -2.53. The van der Waals surface area contributed by atoms with Crippen LogP contribution in [0.1, 0.15) is 59.8 Å². The molecule has 0 radical (unpaired) electrons. The van der Waals surface area contributed by atoms with Crippen molar-refractivity contribution < 1.29 is 9.84 Å². The SMILES string of the molecule is CCC1(OC(O)C(C)C)C2CC(C)CC3CC1C3C2. The maximum atomic E-state index is 10.3. The van der Waals surface area contributed by atoms with Gasteiger partial charge in [0.2, 0.25) is 0 Å². The van der Waals surface area contributed by atoms with Gasteiger partial charge in [0, 0.05) is 5.92 Å². The molecule has 19 heavy (non-hydrogen) atoms. The number of aliphatic hydroxyl groups is 1. The first-order valence-electron chi connectivity index (χ1n) is 8.33. The van der Waals surface area contributed by atoms with Gasteiger partial charge in [-0.2, -0.15) is 0 Å². The Morgan fingerprint density at radius 1 is 1.21 bits per heavy atom. The molecule has 3 fully saturated rings. The quantitative estimate of drug-likeness (QED) is 0.784. The fourth-order valence-electron chi connectivity index (χ4n) is 5.40. The molecule has 0 aromatic heterocycles. The van der Waals surface area contributed by atoms with Crippen molar-refractivity contribution in [2.45, 2.75) is 71.7 Å². The van der Waals surface area contributed by atoms with Crippen molar-refractivity contribution in [1.29, 1.82) is 0 Å². The lowest BCUT2D eigenvalue weighted by Gasteiger charge is -2.52. The monoisotopic (exact) mass is 266 g/mol. The van der Waals surface area contributed by atoms with E-state index < -0.39 is 6.29 Å². The van der Waals surface area contributed by atoms with E-state index in [0.29, 0.717) is 5.92 Å². The van der Waals surface area contributed by atoms with Crippen molar-refractivity contribution in [2.75, 3.05) is 0 Å². The summed E-state index contributed by atoms with van der Waals surface area (Å²) in [5.74, 6) is 4.30. The Morgan fingerprint density at radius 3 is 2.58 bits per heavy atom. The van der Waals surface area contributed by atoms with Crippen molar-refractivity contribution in [3.8, 4) is 0 Å². The molecule has 3 aliphatic rings. The molecule has 2 nitrogen and oxygen atoms in total. The number of ether oxygens (including phenoxy) is 1. The third-order valence-corrected chi connectivity index (χ3v) is 6.41. The first-order chi connectivity index (χ1) is 8.98. The van der Waals surface area contributed by atoms with Crippen molar-refractivity contribution in [3.05, 3.63) is 0 Å². The summed E-state index contributed by atoms with van der Waals surface area (Å²) in [6.07, 6.45) is 5.94. The van der Waals surface area contributed by atoms with Gasteiger partial charge in [0.05, 0.1) is 5.60 Å². The summed E-state index contributed by atoms with van der Waals surface area (Å²) >= 11 is 0. The van der Waals surface area contributed by atoms with Gasteiger partial charge in [0.1, 0.15) is 0 Å². The average Bonchev–Trinajstić information content (AvgIpc) is 2.48. The molecule has 0 aromatic carbocycles. The zero-order valence-electron chi connectivity index (χ0n) is 12.9. The Balaban J connectivity index is 1.84. The molecular formula is C17H30O2. The van der Waals surface area contributed by atoms with Crippen LogP contribution in [0.4, 0.5) is 0 Å². The third kappa shape index (κ3) is 1.98. The minimum absolute atomic E-state index is 0.0144. The Kier molecular flexibility index (Phi) is 3.46. The van der Waals surface area contributed by atoms with Crippen LogP contribution in [0.3, 0.4) is 0 Å². The fourth-order valence-corrected chi connectivity index (χ4v) is 5.40. The molecule has 2 bridgehead atoms. The molecule has 0 amide bonds. The summed E-state index contributed by atoms with van der Waals surface area (Å²) in [5, 5.41) is 10.3. The highest BCUT2D eigenvalue weighted by Crippen LogP contribution is 2.66. The second-order valence-corrected chi connectivity index (χ2v) is 7.84. The van der Waals surface area contributed by atoms with E-state index in [9.17, 15) is 5.11 Å². The van der Waals surface area contributed by atoms with E-state index in [1.165, 1.54) is 25.7 Å². The van der Waals surface area contributed by atoms with Crippen LogP contribution in [0.15, 0.2) is 0 Å². The van der Waals surface area contributed by atoms with Gasteiger partial charge in [0.15, 0.2) is 6.29 Å². The molecule has 3 aliphatic carbocycles. The maximum Gasteiger partial charge on any atom is 0.157 e. The van der Waals surface area contributed by atoms with E-state index in [0.717, 1.165) is 30.1 Å². The smallest absolute Gasteiger partial charge is 0.157 e. The fraction of sp³-hybridized carbons (Fsp3) is 1.00. The van der Waals surface area contributed by atoms with E-state index >= 15 is 0 Å². The predicted molar refractivity (Wildman–Crippen MR) is 76.5 cm³/mol. The van der Waals surface area contributed by atoms with Gasteiger partial charge in [0.25, 0.3) is 0 Å². The Morgan fingerprint density at radius 2 is 1.95 bits per heavy atom. The Labute approximate surface area is 117 Å². The van der Waals surface area contributed by atoms with Crippen LogP contribution < -0.4 is 0 Å². The molecule has 110 valence electrons. The molecule has 3 saturated carbocycles. The van der Waals surface area contributed by atoms with Gasteiger partial charge in [-0.3, -0.25) is 0 Å². The molecule has 3 rings (SSSR count). The second-order valence-electron chi connectivity index (χ2n) is 7.84. The molecule has 7 unspecified atom stereocenters. The highest BCUT2D eigenvalue weighted by molar-refractivity contribution is 5.13. The second kappa shape index (κ2) is 4.73. The van der Waals surface area contributed by atoms with Crippen LogP contribution in [-0.2, 0) is 4.74 Å². The molecule has 2 heteroatoms. The summed E-state index contributed by atoms with van der Waals surface area (Å²) in [5.41, 5.74) is -0.0144. The zero-order chi connectivity index (χ0) is 13.8. The van der Waals surface area contributed by atoms with Crippen LogP contribution in [0.5, 0.6) is 0 Å². The minimum Gasteiger partial charge on any atom is -0.368 e. The average molecular weight is 266 g/mol. The number of fused-ring (bicyclic) bond motifs is 1. The molecule has 1 N–H and O–H groups in total. The van der Waals surface area contributed by atoms with E-state index in [1.807, 2.05) is 13.8 Å². The first kappa shape index (κ1) is 13.9. The van der Waals surface area contributed by atoms with Crippen molar-refractivity contribution in [2.24, 2.45) is 35.5 Å². The van der Waals surface area contributed by atoms with Gasteiger partial charge in [-0.25, -0.2) is 0 Å². The van der Waals surface area contributed by atoms with Gasteiger partial charge < -0.3 is 9.84 Å². The van der Waals surface area contributed by atoms with Gasteiger partial charge in [-0.15, -0.1) is 0 Å².